The molecule has 0 atom stereocenters. The average Bonchev–Trinajstić information content (AvgIpc) is 2.90. The fourth-order valence-corrected chi connectivity index (χ4v) is 2.48. The van der Waals surface area contributed by atoms with Gasteiger partial charge < -0.3 is 9.47 Å². The molecule has 4 aromatic rings. The van der Waals surface area contributed by atoms with Crippen LogP contribution in [0.1, 0.15) is 33.3 Å². The molecule has 0 aliphatic rings. The van der Waals surface area contributed by atoms with Gasteiger partial charge in [-0.1, -0.05) is 91.7 Å². The van der Waals surface area contributed by atoms with Crippen molar-refractivity contribution in [3.05, 3.63) is 132 Å². The van der Waals surface area contributed by atoms with Crippen LogP contribution in [-0.2, 0) is 0 Å². The Labute approximate surface area is 210 Å². The molecule has 0 radical (unpaired) electrons. The van der Waals surface area contributed by atoms with E-state index in [9.17, 15) is 0 Å². The van der Waals surface area contributed by atoms with Gasteiger partial charge in [0, 0.05) is 5.02 Å². The zero-order valence-electron chi connectivity index (χ0n) is 20.7. The van der Waals surface area contributed by atoms with Crippen molar-refractivity contribution in [2.24, 2.45) is 0 Å². The van der Waals surface area contributed by atoms with Gasteiger partial charge in [-0.15, -0.1) is 0 Å². The van der Waals surface area contributed by atoms with Crippen LogP contribution in [0.25, 0.3) is 0 Å². The van der Waals surface area contributed by atoms with Crippen LogP contribution in [0, 0.1) is 6.92 Å². The van der Waals surface area contributed by atoms with Gasteiger partial charge in [0.1, 0.15) is 23.0 Å². The molecule has 34 heavy (non-hydrogen) atoms. The van der Waals surface area contributed by atoms with Gasteiger partial charge in [0.2, 0.25) is 0 Å². The van der Waals surface area contributed by atoms with Gasteiger partial charge in [-0.2, -0.15) is 0 Å². The minimum Gasteiger partial charge on any atom is -0.457 e. The molecule has 0 saturated carbocycles. The number of allylic oxidation sites excluding steroid dienone is 2. The second-order valence-electron chi connectivity index (χ2n) is 6.76. The first-order valence-electron chi connectivity index (χ1n) is 11.5. The Morgan fingerprint density at radius 3 is 1.18 bits per heavy atom. The summed E-state index contributed by atoms with van der Waals surface area (Å²) in [6, 6.07) is 34.8. The minimum atomic E-state index is 0.713. The van der Waals surface area contributed by atoms with Crippen LogP contribution in [-0.4, -0.2) is 0 Å². The van der Waals surface area contributed by atoms with Crippen molar-refractivity contribution in [2.45, 2.75) is 34.6 Å². The third kappa shape index (κ3) is 12.5. The van der Waals surface area contributed by atoms with Crippen LogP contribution in [0.2, 0.25) is 5.02 Å². The van der Waals surface area contributed by atoms with E-state index < -0.39 is 0 Å². The second kappa shape index (κ2) is 18.0. The standard InChI is InChI=1S/C13H12O.C12H9ClO.C4H8.C2H6/c1-11-7-9-13(10-8-11)14-12-5-3-2-4-6-12;13-10-6-8-12(9-7-10)14-11-4-2-1-3-5-11;1-3-4-2;1-2/h2-10H,1H3;1-9H;3-4H,1-2H3;1-2H3/b;;4-3-;. The Balaban J connectivity index is 0.000000277. The largest absolute Gasteiger partial charge is 0.457 e. The van der Waals surface area contributed by atoms with E-state index in [0.717, 1.165) is 23.0 Å². The van der Waals surface area contributed by atoms with Crippen molar-refractivity contribution in [2.75, 3.05) is 0 Å². The Morgan fingerprint density at radius 1 is 0.500 bits per heavy atom. The normalized spacial score (nSPS) is 9.35. The highest BCUT2D eigenvalue weighted by atomic mass is 35.5. The predicted octanol–water partition coefficient (Wildman–Crippen LogP) is 10.5. The summed E-state index contributed by atoms with van der Waals surface area (Å²) in [7, 11) is 0. The number of para-hydroxylation sites is 2. The number of halogens is 1. The highest BCUT2D eigenvalue weighted by molar-refractivity contribution is 6.30. The highest BCUT2D eigenvalue weighted by Crippen LogP contribution is 2.22. The molecule has 0 N–H and O–H groups in total. The molecule has 3 heteroatoms. The van der Waals surface area contributed by atoms with Crippen molar-refractivity contribution < 1.29 is 9.47 Å². The fourth-order valence-electron chi connectivity index (χ4n) is 2.36. The van der Waals surface area contributed by atoms with Gasteiger partial charge in [0.05, 0.1) is 0 Å². The number of ether oxygens (including phenoxy) is 2. The summed E-state index contributed by atoms with van der Waals surface area (Å²) >= 11 is 5.76. The molecule has 4 aromatic carbocycles. The molecule has 0 bridgehead atoms. The number of benzene rings is 4. The Morgan fingerprint density at radius 2 is 0.824 bits per heavy atom. The van der Waals surface area contributed by atoms with E-state index >= 15 is 0 Å². The van der Waals surface area contributed by atoms with E-state index in [4.69, 9.17) is 21.1 Å². The van der Waals surface area contributed by atoms with E-state index in [1.807, 2.05) is 137 Å². The van der Waals surface area contributed by atoms with E-state index in [0.29, 0.717) is 5.02 Å². The first-order chi connectivity index (χ1) is 16.6. The minimum absolute atomic E-state index is 0.713. The first-order valence-corrected chi connectivity index (χ1v) is 11.8. The molecular weight excluding hydrogens is 440 g/mol. The van der Waals surface area contributed by atoms with Crippen molar-refractivity contribution >= 4 is 11.6 Å². The summed E-state index contributed by atoms with van der Waals surface area (Å²) in [6.45, 7) is 10.1. The molecule has 0 heterocycles. The maximum Gasteiger partial charge on any atom is 0.127 e. The summed E-state index contributed by atoms with van der Waals surface area (Å²) in [5.41, 5.74) is 1.24. The summed E-state index contributed by atoms with van der Waals surface area (Å²) < 4.78 is 11.2. The molecule has 0 spiro atoms. The zero-order chi connectivity index (χ0) is 25.0. The highest BCUT2D eigenvalue weighted by Gasteiger charge is 1.95. The molecule has 0 aliphatic carbocycles. The first kappa shape index (κ1) is 28.5. The van der Waals surface area contributed by atoms with Crippen LogP contribution in [0.15, 0.2) is 121 Å². The molecule has 0 unspecified atom stereocenters. The van der Waals surface area contributed by atoms with Crippen LogP contribution in [0.5, 0.6) is 23.0 Å². The lowest BCUT2D eigenvalue weighted by Crippen LogP contribution is -1.82. The Hall–Kier alpha value is -3.49. The van der Waals surface area contributed by atoms with Gasteiger partial charge in [0.15, 0.2) is 0 Å². The van der Waals surface area contributed by atoms with Crippen LogP contribution in [0.4, 0.5) is 0 Å². The molecule has 0 amide bonds. The second-order valence-corrected chi connectivity index (χ2v) is 7.20. The molecular formula is C31H35ClO2. The molecule has 0 saturated heterocycles. The van der Waals surface area contributed by atoms with Crippen molar-refractivity contribution in [1.82, 2.24) is 0 Å². The maximum atomic E-state index is 5.76. The number of aryl methyl sites for hydroxylation is 1. The van der Waals surface area contributed by atoms with Crippen molar-refractivity contribution in [3.63, 3.8) is 0 Å². The Kier molecular flexibility index (Phi) is 15.1. The zero-order valence-corrected chi connectivity index (χ0v) is 21.5. The number of rotatable bonds is 4. The molecule has 178 valence electrons. The lowest BCUT2D eigenvalue weighted by atomic mass is 10.2. The van der Waals surface area contributed by atoms with Gasteiger partial charge in [-0.3, -0.25) is 0 Å². The van der Waals surface area contributed by atoms with Gasteiger partial charge >= 0.3 is 0 Å². The van der Waals surface area contributed by atoms with Gasteiger partial charge in [-0.25, -0.2) is 0 Å². The molecule has 0 aromatic heterocycles. The van der Waals surface area contributed by atoms with Gasteiger partial charge in [-0.05, 0) is 81.4 Å². The smallest absolute Gasteiger partial charge is 0.127 e. The maximum absolute atomic E-state index is 5.76. The van der Waals surface area contributed by atoms with Crippen LogP contribution < -0.4 is 9.47 Å². The molecule has 4 rings (SSSR count). The SMILES string of the molecule is C/C=C\C.CC.Cc1ccc(Oc2ccccc2)cc1.Clc1ccc(Oc2ccccc2)cc1. The molecule has 0 fully saturated rings. The third-order valence-electron chi connectivity index (χ3n) is 4.13. The number of hydrogen-bond acceptors (Lipinski definition) is 2. The summed E-state index contributed by atoms with van der Waals surface area (Å²) in [6.07, 6.45) is 4.00. The quantitative estimate of drug-likeness (QED) is 0.274. The molecule has 2 nitrogen and oxygen atoms in total. The van der Waals surface area contributed by atoms with Gasteiger partial charge in [0.25, 0.3) is 0 Å². The lowest BCUT2D eigenvalue weighted by molar-refractivity contribution is 0.482. The Bertz CT molecular complexity index is 939. The predicted molar refractivity (Wildman–Crippen MR) is 147 cm³/mol. The number of hydrogen-bond donors (Lipinski definition) is 0. The summed E-state index contributed by atoms with van der Waals surface area (Å²) in [4.78, 5) is 0. The van der Waals surface area contributed by atoms with Crippen LogP contribution >= 0.6 is 11.6 Å². The van der Waals surface area contributed by atoms with E-state index in [1.54, 1.807) is 12.1 Å². The van der Waals surface area contributed by atoms with E-state index in [-0.39, 0.29) is 0 Å². The fraction of sp³-hybridized carbons (Fsp3) is 0.161. The van der Waals surface area contributed by atoms with Crippen molar-refractivity contribution in [1.29, 1.82) is 0 Å². The third-order valence-corrected chi connectivity index (χ3v) is 4.38. The average molecular weight is 475 g/mol. The topological polar surface area (TPSA) is 18.5 Å². The summed E-state index contributed by atoms with van der Waals surface area (Å²) in [5.74, 6) is 3.37. The monoisotopic (exact) mass is 474 g/mol. The lowest BCUT2D eigenvalue weighted by Gasteiger charge is -2.04. The summed E-state index contributed by atoms with van der Waals surface area (Å²) in [5, 5.41) is 0.713. The van der Waals surface area contributed by atoms with E-state index in [2.05, 4.69) is 6.92 Å². The van der Waals surface area contributed by atoms with E-state index in [1.165, 1.54) is 5.56 Å². The van der Waals surface area contributed by atoms with Crippen LogP contribution in [0.3, 0.4) is 0 Å². The molecule has 0 aliphatic heterocycles. The van der Waals surface area contributed by atoms with Crippen molar-refractivity contribution in [3.8, 4) is 23.0 Å².